The number of rotatable bonds is 8. The molecule has 0 aromatic heterocycles. The Morgan fingerprint density at radius 1 is 0.636 bits per heavy atom. The lowest BCUT2D eigenvalue weighted by Crippen LogP contribution is -2.08. The first-order chi connectivity index (χ1) is 16.0. The van der Waals surface area contributed by atoms with Crippen LogP contribution in [0.3, 0.4) is 0 Å². The number of carbonyl (C=O) groups is 2. The van der Waals surface area contributed by atoms with Crippen LogP contribution in [0.15, 0.2) is 72.8 Å². The number of benzene rings is 4. The summed E-state index contributed by atoms with van der Waals surface area (Å²) in [7, 11) is 0. The van der Waals surface area contributed by atoms with E-state index in [1.54, 1.807) is 54.6 Å². The number of unbranched alkanes of at least 4 members (excludes halogenated alkanes) is 2. The van der Waals surface area contributed by atoms with Gasteiger partial charge in [0, 0.05) is 5.69 Å². The molecule has 6 heteroatoms. The summed E-state index contributed by atoms with van der Waals surface area (Å²) in [6.07, 6.45) is 2.14. The minimum atomic E-state index is -0.380. The first-order valence-electron chi connectivity index (χ1n) is 10.9. The predicted molar refractivity (Wildman–Crippen MR) is 128 cm³/mol. The number of hydrogen-bond acceptors (Lipinski definition) is 6. The Kier molecular flexibility index (Phi) is 6.74. The van der Waals surface area contributed by atoms with Crippen molar-refractivity contribution in [3.63, 3.8) is 0 Å². The van der Waals surface area contributed by atoms with Gasteiger partial charge in [0.05, 0.1) is 24.3 Å². The number of esters is 2. The molecular formula is C27H25NO5. The van der Waals surface area contributed by atoms with E-state index in [0.29, 0.717) is 42.9 Å². The molecule has 0 saturated carbocycles. The first-order valence-corrected chi connectivity index (χ1v) is 10.9. The highest BCUT2D eigenvalue weighted by atomic mass is 16.5. The van der Waals surface area contributed by atoms with E-state index in [0.717, 1.165) is 28.0 Å². The average Bonchev–Trinajstić information content (AvgIpc) is 2.82. The summed E-state index contributed by atoms with van der Waals surface area (Å²) < 4.78 is 10.7. The molecule has 4 aromatic rings. The zero-order chi connectivity index (χ0) is 23.2. The quantitative estimate of drug-likeness (QED) is 0.213. The number of phenols is 1. The summed E-state index contributed by atoms with van der Waals surface area (Å²) in [5, 5.41) is 13.2. The van der Waals surface area contributed by atoms with Crippen LogP contribution in [0.1, 0.15) is 40.0 Å². The minimum absolute atomic E-state index is 0.186. The van der Waals surface area contributed by atoms with Crippen molar-refractivity contribution < 1.29 is 24.2 Å². The molecule has 0 unspecified atom stereocenters. The number of ether oxygens (including phenoxy) is 2. The molecule has 0 bridgehead atoms. The fourth-order valence-corrected chi connectivity index (χ4v) is 3.63. The smallest absolute Gasteiger partial charge is 0.338 e. The van der Waals surface area contributed by atoms with Crippen LogP contribution in [0, 0.1) is 0 Å². The molecule has 3 N–H and O–H groups in total. The number of anilines is 1. The zero-order valence-electron chi connectivity index (χ0n) is 18.1. The highest BCUT2D eigenvalue weighted by molar-refractivity contribution is 5.96. The molecule has 0 saturated heterocycles. The summed E-state index contributed by atoms with van der Waals surface area (Å²) in [5.74, 6) is -0.550. The van der Waals surface area contributed by atoms with Crippen molar-refractivity contribution in [1.29, 1.82) is 0 Å². The summed E-state index contributed by atoms with van der Waals surface area (Å²) in [6.45, 7) is 0.609. The van der Waals surface area contributed by atoms with Crippen molar-refractivity contribution in [2.24, 2.45) is 0 Å². The maximum Gasteiger partial charge on any atom is 0.338 e. The maximum absolute atomic E-state index is 12.3. The van der Waals surface area contributed by atoms with Gasteiger partial charge in [0.15, 0.2) is 0 Å². The molecule has 0 aliphatic rings. The Morgan fingerprint density at radius 2 is 1.12 bits per heavy atom. The van der Waals surface area contributed by atoms with Crippen LogP contribution in [-0.4, -0.2) is 30.3 Å². The highest BCUT2D eigenvalue weighted by Crippen LogP contribution is 2.22. The van der Waals surface area contributed by atoms with E-state index in [-0.39, 0.29) is 17.7 Å². The molecule has 0 aliphatic carbocycles. The zero-order valence-corrected chi connectivity index (χ0v) is 18.1. The topological polar surface area (TPSA) is 98.9 Å². The summed E-state index contributed by atoms with van der Waals surface area (Å²) in [4.78, 5) is 24.5. The van der Waals surface area contributed by atoms with E-state index in [9.17, 15) is 14.7 Å². The lowest BCUT2D eigenvalue weighted by molar-refractivity contribution is 0.0478. The van der Waals surface area contributed by atoms with Crippen LogP contribution in [-0.2, 0) is 9.47 Å². The summed E-state index contributed by atoms with van der Waals surface area (Å²) in [6, 6.07) is 21.1. The number of nitrogens with two attached hydrogens (primary N) is 1. The van der Waals surface area contributed by atoms with E-state index in [1.165, 1.54) is 0 Å². The van der Waals surface area contributed by atoms with Gasteiger partial charge in [-0.25, -0.2) is 9.59 Å². The number of hydrogen-bond donors (Lipinski definition) is 2. The molecule has 0 radical (unpaired) electrons. The van der Waals surface area contributed by atoms with E-state index < -0.39 is 0 Å². The van der Waals surface area contributed by atoms with Crippen molar-refractivity contribution in [1.82, 2.24) is 0 Å². The Hall–Kier alpha value is -4.06. The number of fused-ring (bicyclic) bond motifs is 2. The predicted octanol–water partition coefficient (Wildman–Crippen LogP) is 5.46. The van der Waals surface area contributed by atoms with Crippen molar-refractivity contribution >= 4 is 39.2 Å². The third-order valence-corrected chi connectivity index (χ3v) is 5.41. The van der Waals surface area contributed by atoms with Gasteiger partial charge in [-0.1, -0.05) is 24.3 Å². The van der Waals surface area contributed by atoms with Gasteiger partial charge in [0.2, 0.25) is 0 Å². The minimum Gasteiger partial charge on any atom is -0.508 e. The van der Waals surface area contributed by atoms with Gasteiger partial charge in [-0.2, -0.15) is 0 Å². The molecule has 6 nitrogen and oxygen atoms in total. The third kappa shape index (κ3) is 5.60. The molecule has 0 fully saturated rings. The SMILES string of the molecule is Nc1ccc2cc(C(=O)OCCCCCOC(=O)c3ccc4cc(O)ccc4c3)ccc2c1. The van der Waals surface area contributed by atoms with E-state index in [4.69, 9.17) is 15.2 Å². The van der Waals surface area contributed by atoms with Crippen LogP contribution in [0.2, 0.25) is 0 Å². The van der Waals surface area contributed by atoms with Gasteiger partial charge in [-0.05, 0) is 89.3 Å². The Labute approximate surface area is 191 Å². The summed E-state index contributed by atoms with van der Waals surface area (Å²) in [5.41, 5.74) is 7.44. The number of aromatic hydroxyl groups is 1. The normalized spacial score (nSPS) is 10.9. The highest BCUT2D eigenvalue weighted by Gasteiger charge is 2.10. The Balaban J connectivity index is 1.16. The summed E-state index contributed by atoms with van der Waals surface area (Å²) >= 11 is 0. The molecule has 33 heavy (non-hydrogen) atoms. The fraction of sp³-hybridized carbons (Fsp3) is 0.185. The second-order valence-electron chi connectivity index (χ2n) is 7.90. The fourth-order valence-electron chi connectivity index (χ4n) is 3.63. The van der Waals surface area contributed by atoms with Crippen LogP contribution < -0.4 is 5.73 Å². The van der Waals surface area contributed by atoms with Crippen LogP contribution in [0.25, 0.3) is 21.5 Å². The second-order valence-corrected chi connectivity index (χ2v) is 7.90. The second kappa shape index (κ2) is 10.0. The van der Waals surface area contributed by atoms with Crippen LogP contribution >= 0.6 is 0 Å². The van der Waals surface area contributed by atoms with Gasteiger partial charge < -0.3 is 20.3 Å². The lowest BCUT2D eigenvalue weighted by atomic mass is 10.1. The van der Waals surface area contributed by atoms with Crippen LogP contribution in [0.4, 0.5) is 5.69 Å². The largest absolute Gasteiger partial charge is 0.508 e. The Morgan fingerprint density at radius 3 is 1.73 bits per heavy atom. The monoisotopic (exact) mass is 443 g/mol. The molecule has 168 valence electrons. The van der Waals surface area contributed by atoms with E-state index >= 15 is 0 Å². The molecule has 0 heterocycles. The van der Waals surface area contributed by atoms with E-state index in [1.807, 2.05) is 18.2 Å². The lowest BCUT2D eigenvalue weighted by Gasteiger charge is -2.08. The maximum atomic E-state index is 12.3. The van der Waals surface area contributed by atoms with Crippen molar-refractivity contribution in [3.05, 3.63) is 83.9 Å². The Bertz CT molecular complexity index is 1210. The average molecular weight is 443 g/mol. The van der Waals surface area contributed by atoms with Gasteiger partial charge in [-0.3, -0.25) is 0 Å². The van der Waals surface area contributed by atoms with Crippen molar-refractivity contribution in [2.75, 3.05) is 18.9 Å². The molecule has 0 aliphatic heterocycles. The van der Waals surface area contributed by atoms with Crippen molar-refractivity contribution in [2.45, 2.75) is 19.3 Å². The third-order valence-electron chi connectivity index (χ3n) is 5.41. The molecule has 0 amide bonds. The number of carbonyl (C=O) groups excluding carboxylic acids is 2. The number of nitrogen functional groups attached to an aromatic ring is 1. The standard InChI is InChI=1S/C27H25NO5/c28-24-10-8-18-14-22(6-4-20(18)16-24)26(30)32-12-2-1-3-13-33-27(31)23-7-5-21-17-25(29)11-9-19(21)15-23/h4-11,14-17,29H,1-3,12-13,28H2. The molecule has 4 rings (SSSR count). The van der Waals surface area contributed by atoms with E-state index in [2.05, 4.69) is 0 Å². The van der Waals surface area contributed by atoms with Gasteiger partial charge >= 0.3 is 11.9 Å². The van der Waals surface area contributed by atoms with Gasteiger partial charge in [0.1, 0.15) is 5.75 Å². The number of phenolic OH excluding ortho intramolecular Hbond substituents is 1. The molecule has 0 spiro atoms. The first kappa shape index (κ1) is 22.1. The molecule has 0 atom stereocenters. The molecule has 4 aromatic carbocycles. The molecular weight excluding hydrogens is 418 g/mol. The van der Waals surface area contributed by atoms with Crippen molar-refractivity contribution in [3.8, 4) is 5.75 Å². The van der Waals surface area contributed by atoms with Gasteiger partial charge in [0.25, 0.3) is 0 Å². The van der Waals surface area contributed by atoms with Crippen LogP contribution in [0.5, 0.6) is 5.75 Å². The van der Waals surface area contributed by atoms with Gasteiger partial charge in [-0.15, -0.1) is 0 Å².